The third-order valence-corrected chi connectivity index (χ3v) is 0.560. The van der Waals surface area contributed by atoms with Crippen molar-refractivity contribution in [1.82, 2.24) is 16.3 Å². The molecule has 5 nitrogen and oxygen atoms in total. The molecule has 0 aromatic rings. The highest BCUT2D eigenvalue weighted by atomic mass is 16.8. The molecule has 0 spiro atoms. The molecule has 8 heavy (non-hydrogen) atoms. The lowest BCUT2D eigenvalue weighted by Gasteiger charge is -2.15. The van der Waals surface area contributed by atoms with E-state index in [2.05, 4.69) is 20.7 Å². The SMILES string of the molecule is CNN(NOC)OC. The Kier molecular flexibility index (Phi) is 4.82. The van der Waals surface area contributed by atoms with Crippen molar-refractivity contribution in [2.75, 3.05) is 21.3 Å². The van der Waals surface area contributed by atoms with E-state index >= 15 is 0 Å². The summed E-state index contributed by atoms with van der Waals surface area (Å²) in [5.41, 5.74) is 5.01. The number of hydrazine groups is 2. The molecule has 0 aromatic carbocycles. The minimum atomic E-state index is 1.21. The van der Waals surface area contributed by atoms with Gasteiger partial charge in [-0.05, 0) is 5.28 Å². The number of hydrogen-bond donors (Lipinski definition) is 2. The Morgan fingerprint density at radius 1 is 1.38 bits per heavy atom. The van der Waals surface area contributed by atoms with E-state index in [0.29, 0.717) is 0 Å². The zero-order valence-electron chi connectivity index (χ0n) is 5.26. The number of hydrogen-bond acceptors (Lipinski definition) is 5. The van der Waals surface area contributed by atoms with Crippen LogP contribution in [0.5, 0.6) is 0 Å². The molecule has 0 atom stereocenters. The third-order valence-electron chi connectivity index (χ3n) is 0.560. The highest BCUT2D eigenvalue weighted by molar-refractivity contribution is 4.01. The van der Waals surface area contributed by atoms with E-state index in [9.17, 15) is 0 Å². The summed E-state index contributed by atoms with van der Waals surface area (Å²) in [7, 11) is 4.68. The van der Waals surface area contributed by atoms with E-state index in [1.165, 1.54) is 19.5 Å². The van der Waals surface area contributed by atoms with E-state index in [0.717, 1.165) is 0 Å². The summed E-state index contributed by atoms with van der Waals surface area (Å²) >= 11 is 0. The lowest BCUT2D eigenvalue weighted by molar-refractivity contribution is -0.276. The van der Waals surface area contributed by atoms with Crippen molar-refractivity contribution in [3.05, 3.63) is 0 Å². The van der Waals surface area contributed by atoms with Gasteiger partial charge in [-0.15, -0.1) is 0 Å². The molecule has 0 unspecified atom stereocenters. The van der Waals surface area contributed by atoms with Gasteiger partial charge in [-0.2, -0.15) is 0 Å². The number of nitrogens with one attached hydrogen (secondary N) is 2. The van der Waals surface area contributed by atoms with Crippen LogP contribution in [0.1, 0.15) is 0 Å². The Labute approximate surface area is 48.4 Å². The summed E-state index contributed by atoms with van der Waals surface area (Å²) in [6, 6.07) is 0. The van der Waals surface area contributed by atoms with Crippen molar-refractivity contribution < 1.29 is 9.68 Å². The fourth-order valence-corrected chi connectivity index (χ4v) is 0.257. The quantitative estimate of drug-likeness (QED) is 0.469. The normalized spacial score (nSPS) is 10.5. The maximum atomic E-state index is 4.63. The summed E-state index contributed by atoms with van der Waals surface area (Å²) in [4.78, 5) is 9.10. The Morgan fingerprint density at radius 3 is 2.12 bits per heavy atom. The molecule has 0 saturated heterocycles. The molecule has 2 N–H and O–H groups in total. The van der Waals surface area contributed by atoms with Crippen molar-refractivity contribution in [2.45, 2.75) is 0 Å². The maximum Gasteiger partial charge on any atom is 0.0607 e. The Bertz CT molecular complexity index is 47.8. The van der Waals surface area contributed by atoms with E-state index in [4.69, 9.17) is 0 Å². The van der Waals surface area contributed by atoms with Crippen LogP contribution in [0.25, 0.3) is 0 Å². The Balaban J connectivity index is 3.07. The molecule has 0 heterocycles. The van der Waals surface area contributed by atoms with Crippen LogP contribution >= 0.6 is 0 Å². The smallest absolute Gasteiger partial charge is 0.0607 e. The van der Waals surface area contributed by atoms with Crippen molar-refractivity contribution >= 4 is 0 Å². The van der Waals surface area contributed by atoms with Crippen LogP contribution < -0.4 is 11.0 Å². The molecule has 50 valence electrons. The van der Waals surface area contributed by atoms with Crippen LogP contribution in [0.3, 0.4) is 0 Å². The molecule has 0 aromatic heterocycles. The van der Waals surface area contributed by atoms with Gasteiger partial charge >= 0.3 is 0 Å². The van der Waals surface area contributed by atoms with Gasteiger partial charge in [0.05, 0.1) is 14.2 Å². The van der Waals surface area contributed by atoms with Crippen LogP contribution in [0.2, 0.25) is 0 Å². The van der Waals surface area contributed by atoms with Crippen LogP contribution in [0.4, 0.5) is 0 Å². The summed E-state index contributed by atoms with van der Waals surface area (Å²) in [5.74, 6) is 0. The molecule has 0 aliphatic carbocycles. The topological polar surface area (TPSA) is 45.8 Å². The average molecular weight is 121 g/mol. The lowest BCUT2D eigenvalue weighted by Crippen LogP contribution is -2.44. The van der Waals surface area contributed by atoms with Gasteiger partial charge in [-0.3, -0.25) is 9.68 Å². The highest BCUT2D eigenvalue weighted by Gasteiger charge is 1.92. The first kappa shape index (κ1) is 7.80. The summed E-state index contributed by atoms with van der Waals surface area (Å²) in [6.45, 7) is 0. The first-order valence-corrected chi connectivity index (χ1v) is 2.15. The van der Waals surface area contributed by atoms with Gasteiger partial charge in [0.2, 0.25) is 0 Å². The summed E-state index contributed by atoms with van der Waals surface area (Å²) in [5, 5.41) is 1.21. The second-order valence-electron chi connectivity index (χ2n) is 0.996. The first-order valence-electron chi connectivity index (χ1n) is 2.15. The van der Waals surface area contributed by atoms with Crippen LogP contribution in [-0.2, 0) is 9.68 Å². The Hall–Kier alpha value is -0.200. The van der Waals surface area contributed by atoms with Crippen molar-refractivity contribution in [3.63, 3.8) is 0 Å². The van der Waals surface area contributed by atoms with Gasteiger partial charge in [-0.25, -0.2) is 5.43 Å². The molecule has 5 heteroatoms. The second kappa shape index (κ2) is 4.95. The largest absolute Gasteiger partial charge is 0.287 e. The molecule has 0 aliphatic rings. The third kappa shape index (κ3) is 2.89. The minimum absolute atomic E-state index is 1.21. The van der Waals surface area contributed by atoms with Gasteiger partial charge in [0.25, 0.3) is 0 Å². The number of rotatable bonds is 4. The first-order chi connectivity index (χ1) is 3.85. The van der Waals surface area contributed by atoms with Crippen molar-refractivity contribution in [3.8, 4) is 0 Å². The molecular weight excluding hydrogens is 110 g/mol. The second-order valence-corrected chi connectivity index (χ2v) is 0.996. The summed E-state index contributed by atoms with van der Waals surface area (Å²) in [6.07, 6.45) is 0. The predicted octanol–water partition coefficient (Wildman–Crippen LogP) is -0.950. The van der Waals surface area contributed by atoms with E-state index < -0.39 is 0 Å². The lowest BCUT2D eigenvalue weighted by atomic mass is 11.5. The van der Waals surface area contributed by atoms with Gasteiger partial charge in [0.15, 0.2) is 0 Å². The molecule has 0 radical (unpaired) electrons. The molecule has 0 fully saturated rings. The standard InChI is InChI=1S/C3H11N3O2/c1-4-6(8-3)5-7-2/h4-5H,1-3H3. The van der Waals surface area contributed by atoms with Crippen molar-refractivity contribution in [1.29, 1.82) is 0 Å². The zero-order valence-corrected chi connectivity index (χ0v) is 5.26. The van der Waals surface area contributed by atoms with E-state index in [1.54, 1.807) is 7.05 Å². The van der Waals surface area contributed by atoms with Gasteiger partial charge < -0.3 is 0 Å². The average Bonchev–Trinajstić information content (AvgIpc) is 1.83. The molecule has 0 amide bonds. The highest BCUT2D eigenvalue weighted by Crippen LogP contribution is 1.68. The van der Waals surface area contributed by atoms with Gasteiger partial charge in [0.1, 0.15) is 0 Å². The molecule has 0 rings (SSSR count). The maximum absolute atomic E-state index is 4.63. The molecule has 0 bridgehead atoms. The summed E-state index contributed by atoms with van der Waals surface area (Å²) < 4.78 is 0. The van der Waals surface area contributed by atoms with Crippen LogP contribution in [-0.4, -0.2) is 26.5 Å². The van der Waals surface area contributed by atoms with E-state index in [1.807, 2.05) is 0 Å². The van der Waals surface area contributed by atoms with Crippen LogP contribution in [0.15, 0.2) is 0 Å². The molecular formula is C3H11N3O2. The van der Waals surface area contributed by atoms with Crippen LogP contribution in [0, 0.1) is 0 Å². The predicted molar refractivity (Wildman–Crippen MR) is 28.1 cm³/mol. The minimum Gasteiger partial charge on any atom is -0.287 e. The Morgan fingerprint density at radius 2 is 2.00 bits per heavy atom. The fourth-order valence-electron chi connectivity index (χ4n) is 0.257. The zero-order chi connectivity index (χ0) is 6.41. The van der Waals surface area contributed by atoms with Crippen molar-refractivity contribution in [2.24, 2.45) is 0 Å². The molecule has 0 aliphatic heterocycles. The monoisotopic (exact) mass is 121 g/mol. The molecule has 0 saturated carbocycles. The fraction of sp³-hybridized carbons (Fsp3) is 1.00. The van der Waals surface area contributed by atoms with Gasteiger partial charge in [0, 0.05) is 7.05 Å². The van der Waals surface area contributed by atoms with Gasteiger partial charge in [-0.1, -0.05) is 5.59 Å². The van der Waals surface area contributed by atoms with E-state index in [-0.39, 0.29) is 0 Å². The number of nitrogens with zero attached hydrogens (tertiary/aromatic N) is 1.